The minimum absolute atomic E-state index is 0.140. The van der Waals surface area contributed by atoms with Crippen molar-refractivity contribution in [3.8, 4) is 0 Å². The van der Waals surface area contributed by atoms with E-state index < -0.39 is 0 Å². The van der Waals surface area contributed by atoms with Gasteiger partial charge in [-0.2, -0.15) is 0 Å². The molecule has 0 bridgehead atoms. The molecule has 1 aliphatic heterocycles. The molecule has 1 fully saturated rings. The summed E-state index contributed by atoms with van der Waals surface area (Å²) in [5, 5.41) is 8.93. The zero-order chi connectivity index (χ0) is 19.1. The smallest absolute Gasteiger partial charge is 0.319 e. The van der Waals surface area contributed by atoms with Crippen LogP contribution in [0.3, 0.4) is 0 Å². The lowest BCUT2D eigenvalue weighted by atomic mass is 10.1. The number of carbonyl (C=O) groups is 2. The van der Waals surface area contributed by atoms with Crippen LogP contribution in [-0.4, -0.2) is 36.6 Å². The van der Waals surface area contributed by atoms with E-state index in [4.69, 9.17) is 0 Å². The second kappa shape index (κ2) is 9.02. The van der Waals surface area contributed by atoms with E-state index in [2.05, 4.69) is 20.9 Å². The van der Waals surface area contributed by atoms with Crippen LogP contribution < -0.4 is 20.9 Å². The quantitative estimate of drug-likeness (QED) is 0.656. The Morgan fingerprint density at radius 1 is 1.22 bits per heavy atom. The molecular formula is C20H25N5O2. The van der Waals surface area contributed by atoms with Gasteiger partial charge in [-0.15, -0.1) is 0 Å². The normalized spacial score (nSPS) is 13.5. The van der Waals surface area contributed by atoms with Crippen LogP contribution in [0.2, 0.25) is 0 Å². The Bertz CT molecular complexity index is 794. The van der Waals surface area contributed by atoms with Gasteiger partial charge in [-0.25, -0.2) is 4.79 Å². The van der Waals surface area contributed by atoms with Gasteiger partial charge in [0.1, 0.15) is 0 Å². The summed E-state index contributed by atoms with van der Waals surface area (Å²) in [6, 6.07) is 9.21. The average Bonchev–Trinajstić information content (AvgIpc) is 3.09. The second-order valence-corrected chi connectivity index (χ2v) is 6.55. The number of hydrogen-bond acceptors (Lipinski definition) is 4. The molecule has 2 aromatic rings. The molecule has 2 heterocycles. The lowest BCUT2D eigenvalue weighted by molar-refractivity contribution is -0.117. The van der Waals surface area contributed by atoms with Crippen molar-refractivity contribution in [3.63, 3.8) is 0 Å². The maximum atomic E-state index is 12.1. The zero-order valence-corrected chi connectivity index (χ0v) is 15.5. The van der Waals surface area contributed by atoms with E-state index in [0.717, 1.165) is 42.9 Å². The number of hydrogen-bond donors (Lipinski definition) is 3. The minimum Gasteiger partial charge on any atom is -0.384 e. The van der Waals surface area contributed by atoms with E-state index in [9.17, 15) is 9.59 Å². The highest BCUT2D eigenvalue weighted by Gasteiger charge is 2.23. The first-order valence-electron chi connectivity index (χ1n) is 9.23. The number of carbonyl (C=O) groups excluding carboxylic acids is 2. The van der Waals surface area contributed by atoms with Crippen molar-refractivity contribution in [1.82, 2.24) is 10.3 Å². The summed E-state index contributed by atoms with van der Waals surface area (Å²) in [6.45, 7) is 4.01. The van der Waals surface area contributed by atoms with Crippen LogP contribution in [0.1, 0.15) is 24.8 Å². The third-order valence-electron chi connectivity index (χ3n) is 4.46. The van der Waals surface area contributed by atoms with E-state index >= 15 is 0 Å². The minimum atomic E-state index is -0.251. The monoisotopic (exact) mass is 367 g/mol. The Hall–Kier alpha value is -3.09. The standard InChI is InChI=1S/C20H25N5O2/c1-15-7-8-16(13-18(15)25-12-3-6-19(25)26)24-20(27)23-11-4-10-22-17-5-2-9-21-14-17/h2,5,7-9,13-14,22H,3-4,6,10-12H2,1H3,(H2,23,24,27). The Morgan fingerprint density at radius 2 is 2.11 bits per heavy atom. The van der Waals surface area contributed by atoms with E-state index in [1.165, 1.54) is 0 Å². The third kappa shape index (κ3) is 5.20. The summed E-state index contributed by atoms with van der Waals surface area (Å²) in [7, 11) is 0. The molecule has 0 spiro atoms. The second-order valence-electron chi connectivity index (χ2n) is 6.55. The van der Waals surface area contributed by atoms with Gasteiger partial charge in [0.25, 0.3) is 0 Å². The molecule has 1 aromatic carbocycles. The largest absolute Gasteiger partial charge is 0.384 e. The molecule has 7 heteroatoms. The van der Waals surface area contributed by atoms with Crippen molar-refractivity contribution < 1.29 is 9.59 Å². The number of rotatable bonds is 7. The van der Waals surface area contributed by atoms with E-state index in [1.807, 2.05) is 37.3 Å². The Morgan fingerprint density at radius 3 is 2.85 bits per heavy atom. The molecule has 7 nitrogen and oxygen atoms in total. The highest BCUT2D eigenvalue weighted by Crippen LogP contribution is 2.28. The molecule has 142 valence electrons. The van der Waals surface area contributed by atoms with Crippen molar-refractivity contribution in [3.05, 3.63) is 48.3 Å². The van der Waals surface area contributed by atoms with Crippen molar-refractivity contribution in [2.45, 2.75) is 26.2 Å². The van der Waals surface area contributed by atoms with Gasteiger partial charge in [-0.3, -0.25) is 9.78 Å². The van der Waals surface area contributed by atoms with Gasteiger partial charge < -0.3 is 20.9 Å². The summed E-state index contributed by atoms with van der Waals surface area (Å²) in [5.41, 5.74) is 3.54. The molecule has 0 unspecified atom stereocenters. The molecule has 0 radical (unpaired) electrons. The molecule has 0 atom stereocenters. The number of anilines is 3. The fraction of sp³-hybridized carbons (Fsp3) is 0.350. The molecule has 1 saturated heterocycles. The lowest BCUT2D eigenvalue weighted by Gasteiger charge is -2.19. The fourth-order valence-corrected chi connectivity index (χ4v) is 3.05. The molecule has 3 amide bonds. The topological polar surface area (TPSA) is 86.4 Å². The van der Waals surface area contributed by atoms with Crippen LogP contribution in [0.5, 0.6) is 0 Å². The molecule has 1 aliphatic rings. The maximum absolute atomic E-state index is 12.1. The summed E-state index contributed by atoms with van der Waals surface area (Å²) in [5.74, 6) is 0.140. The Kier molecular flexibility index (Phi) is 6.25. The third-order valence-corrected chi connectivity index (χ3v) is 4.46. The number of urea groups is 1. The first-order valence-corrected chi connectivity index (χ1v) is 9.23. The molecule has 3 rings (SSSR count). The maximum Gasteiger partial charge on any atom is 0.319 e. The molecule has 0 aliphatic carbocycles. The van der Waals surface area contributed by atoms with Crippen LogP contribution in [-0.2, 0) is 4.79 Å². The predicted molar refractivity (Wildman–Crippen MR) is 107 cm³/mol. The first kappa shape index (κ1) is 18.7. The van der Waals surface area contributed by atoms with Crippen molar-refractivity contribution in [2.75, 3.05) is 35.2 Å². The number of nitrogens with one attached hydrogen (secondary N) is 3. The van der Waals surface area contributed by atoms with Gasteiger partial charge in [0.2, 0.25) is 5.91 Å². The van der Waals surface area contributed by atoms with E-state index in [0.29, 0.717) is 18.7 Å². The van der Waals surface area contributed by atoms with Crippen LogP contribution in [0, 0.1) is 6.92 Å². The number of amides is 3. The van der Waals surface area contributed by atoms with Gasteiger partial charge in [-0.05, 0) is 49.6 Å². The summed E-state index contributed by atoms with van der Waals surface area (Å²) < 4.78 is 0. The van der Waals surface area contributed by atoms with E-state index in [1.54, 1.807) is 17.3 Å². The molecule has 27 heavy (non-hydrogen) atoms. The van der Waals surface area contributed by atoms with Crippen LogP contribution in [0.15, 0.2) is 42.7 Å². The first-order chi connectivity index (χ1) is 13.1. The van der Waals surface area contributed by atoms with E-state index in [-0.39, 0.29) is 11.9 Å². The average molecular weight is 367 g/mol. The Balaban J connectivity index is 1.44. The summed E-state index contributed by atoms with van der Waals surface area (Å²) in [4.78, 5) is 29.9. The molecule has 3 N–H and O–H groups in total. The van der Waals surface area contributed by atoms with Crippen molar-refractivity contribution in [2.24, 2.45) is 0 Å². The van der Waals surface area contributed by atoms with Crippen LogP contribution >= 0.6 is 0 Å². The van der Waals surface area contributed by atoms with Gasteiger partial charge >= 0.3 is 6.03 Å². The highest BCUT2D eigenvalue weighted by molar-refractivity contribution is 5.97. The molecule has 1 aromatic heterocycles. The van der Waals surface area contributed by atoms with Crippen molar-refractivity contribution >= 4 is 29.0 Å². The van der Waals surface area contributed by atoms with Crippen molar-refractivity contribution in [1.29, 1.82) is 0 Å². The van der Waals surface area contributed by atoms with Gasteiger partial charge in [0.05, 0.1) is 5.69 Å². The highest BCUT2D eigenvalue weighted by atomic mass is 16.2. The SMILES string of the molecule is Cc1ccc(NC(=O)NCCCNc2cccnc2)cc1N1CCCC1=O. The Labute approximate surface area is 159 Å². The number of aryl methyl sites for hydroxylation is 1. The predicted octanol–water partition coefficient (Wildman–Crippen LogP) is 3.14. The van der Waals surface area contributed by atoms with Crippen LogP contribution in [0.25, 0.3) is 0 Å². The van der Waals surface area contributed by atoms with Gasteiger partial charge in [0.15, 0.2) is 0 Å². The number of pyridine rings is 1. The molecule has 0 saturated carbocycles. The van der Waals surface area contributed by atoms with Crippen LogP contribution in [0.4, 0.5) is 21.9 Å². The molecular weight excluding hydrogens is 342 g/mol. The number of nitrogens with zero attached hydrogens (tertiary/aromatic N) is 2. The number of aromatic nitrogens is 1. The zero-order valence-electron chi connectivity index (χ0n) is 15.5. The van der Waals surface area contributed by atoms with Gasteiger partial charge in [-0.1, -0.05) is 6.07 Å². The number of benzene rings is 1. The lowest BCUT2D eigenvalue weighted by Crippen LogP contribution is -2.30. The van der Waals surface area contributed by atoms with Gasteiger partial charge in [0, 0.05) is 49.8 Å². The fourth-order valence-electron chi connectivity index (χ4n) is 3.05. The summed E-state index contributed by atoms with van der Waals surface area (Å²) in [6.07, 6.45) is 5.76. The summed E-state index contributed by atoms with van der Waals surface area (Å²) >= 11 is 0.